The van der Waals surface area contributed by atoms with Crippen LogP contribution in [-0.2, 0) is 4.74 Å². The number of unbranched alkanes of at least 4 members (excludes halogenated alkanes) is 1. The maximum Gasteiger partial charge on any atom is 0.183 e. The summed E-state index contributed by atoms with van der Waals surface area (Å²) in [6, 6.07) is 6.31. The highest BCUT2D eigenvalue weighted by atomic mass is 32.1. The Labute approximate surface area is 119 Å². The maximum absolute atomic E-state index is 5.53. The fourth-order valence-corrected chi connectivity index (χ4v) is 2.85. The summed E-state index contributed by atoms with van der Waals surface area (Å²) in [5, 5.41) is 4.39. The number of rotatable bonds is 8. The maximum atomic E-state index is 5.53. The van der Waals surface area contributed by atoms with Gasteiger partial charge in [0, 0.05) is 19.8 Å². The van der Waals surface area contributed by atoms with Gasteiger partial charge in [-0.1, -0.05) is 36.8 Å². The van der Waals surface area contributed by atoms with E-state index < -0.39 is 0 Å². The van der Waals surface area contributed by atoms with Crippen molar-refractivity contribution in [2.24, 2.45) is 0 Å². The molecular weight excluding hydrogens is 256 g/mol. The molecule has 0 atom stereocenters. The monoisotopic (exact) mass is 278 g/mol. The van der Waals surface area contributed by atoms with Crippen molar-refractivity contribution in [1.29, 1.82) is 0 Å². The lowest BCUT2D eigenvalue weighted by Crippen LogP contribution is -2.06. The molecular formula is C15H22N2OS. The van der Waals surface area contributed by atoms with E-state index in [2.05, 4.69) is 42.3 Å². The Hall–Kier alpha value is -1.13. The van der Waals surface area contributed by atoms with Crippen molar-refractivity contribution < 1.29 is 4.74 Å². The molecule has 1 aromatic carbocycles. The van der Waals surface area contributed by atoms with E-state index in [9.17, 15) is 0 Å². The highest BCUT2D eigenvalue weighted by Gasteiger charge is 2.04. The molecule has 0 fully saturated rings. The number of para-hydroxylation sites is 1. The summed E-state index contributed by atoms with van der Waals surface area (Å²) in [5.41, 5.74) is 2.36. The van der Waals surface area contributed by atoms with Gasteiger partial charge in [-0.2, -0.15) is 0 Å². The van der Waals surface area contributed by atoms with Gasteiger partial charge >= 0.3 is 0 Å². The lowest BCUT2D eigenvalue weighted by molar-refractivity contribution is 0.131. The number of benzene rings is 1. The zero-order chi connectivity index (χ0) is 13.5. The molecule has 0 saturated carbocycles. The van der Waals surface area contributed by atoms with Crippen LogP contribution in [0.3, 0.4) is 0 Å². The smallest absolute Gasteiger partial charge is 0.183 e. The van der Waals surface area contributed by atoms with Crippen molar-refractivity contribution in [3.8, 4) is 0 Å². The van der Waals surface area contributed by atoms with Crippen LogP contribution in [0, 0.1) is 6.92 Å². The van der Waals surface area contributed by atoms with Crippen LogP contribution < -0.4 is 5.32 Å². The summed E-state index contributed by atoms with van der Waals surface area (Å²) in [6.07, 6.45) is 3.38. The number of hydrogen-bond acceptors (Lipinski definition) is 4. The summed E-state index contributed by atoms with van der Waals surface area (Å²) >= 11 is 1.72. The van der Waals surface area contributed by atoms with Crippen LogP contribution in [0.15, 0.2) is 18.2 Å². The van der Waals surface area contributed by atoms with Gasteiger partial charge in [-0.3, -0.25) is 0 Å². The fraction of sp³-hybridized carbons (Fsp3) is 0.533. The molecule has 4 heteroatoms. The van der Waals surface area contributed by atoms with Crippen molar-refractivity contribution >= 4 is 26.7 Å². The summed E-state index contributed by atoms with van der Waals surface area (Å²) in [4.78, 5) is 4.63. The van der Waals surface area contributed by atoms with Gasteiger partial charge in [0.15, 0.2) is 5.13 Å². The highest BCUT2D eigenvalue weighted by Crippen LogP contribution is 2.27. The van der Waals surface area contributed by atoms with E-state index in [-0.39, 0.29) is 0 Å². The van der Waals surface area contributed by atoms with E-state index in [0.717, 1.165) is 43.2 Å². The third-order valence-corrected chi connectivity index (χ3v) is 3.98. The Bertz CT molecular complexity index is 510. The Kier molecular flexibility index (Phi) is 5.61. The predicted molar refractivity (Wildman–Crippen MR) is 83.2 cm³/mol. The predicted octanol–water partition coefficient (Wildman–Crippen LogP) is 4.22. The van der Waals surface area contributed by atoms with Crippen LogP contribution >= 0.6 is 11.3 Å². The molecule has 1 heterocycles. The van der Waals surface area contributed by atoms with Gasteiger partial charge in [-0.15, -0.1) is 0 Å². The van der Waals surface area contributed by atoms with E-state index in [1.807, 2.05) is 0 Å². The van der Waals surface area contributed by atoms with Crippen LogP contribution in [0.5, 0.6) is 0 Å². The van der Waals surface area contributed by atoms with E-state index >= 15 is 0 Å². The van der Waals surface area contributed by atoms with Gasteiger partial charge in [0.25, 0.3) is 0 Å². The fourth-order valence-electron chi connectivity index (χ4n) is 1.88. The molecule has 2 aromatic rings. The van der Waals surface area contributed by atoms with E-state index in [0.29, 0.717) is 0 Å². The van der Waals surface area contributed by atoms with Crippen LogP contribution in [0.25, 0.3) is 10.2 Å². The van der Waals surface area contributed by atoms with Crippen molar-refractivity contribution in [3.63, 3.8) is 0 Å². The molecule has 2 rings (SSSR count). The Morgan fingerprint density at radius 3 is 2.89 bits per heavy atom. The van der Waals surface area contributed by atoms with E-state index in [1.165, 1.54) is 16.7 Å². The number of anilines is 1. The van der Waals surface area contributed by atoms with Crippen molar-refractivity contribution in [2.75, 3.05) is 25.1 Å². The largest absolute Gasteiger partial charge is 0.381 e. The Morgan fingerprint density at radius 1 is 1.26 bits per heavy atom. The first-order valence-corrected chi connectivity index (χ1v) is 7.80. The number of fused-ring (bicyclic) bond motifs is 1. The first kappa shape index (κ1) is 14.3. The molecule has 0 bridgehead atoms. The third-order valence-electron chi connectivity index (χ3n) is 3.00. The number of thiazole rings is 1. The lowest BCUT2D eigenvalue weighted by atomic mass is 10.2. The average molecular weight is 278 g/mol. The Morgan fingerprint density at radius 2 is 2.11 bits per heavy atom. The Balaban J connectivity index is 1.74. The quantitative estimate of drug-likeness (QED) is 0.734. The van der Waals surface area contributed by atoms with Crippen molar-refractivity contribution in [2.45, 2.75) is 33.1 Å². The van der Waals surface area contributed by atoms with Gasteiger partial charge in [0.1, 0.15) is 0 Å². The number of ether oxygens (including phenoxy) is 1. The molecule has 1 aromatic heterocycles. The van der Waals surface area contributed by atoms with E-state index in [4.69, 9.17) is 4.74 Å². The lowest BCUT2D eigenvalue weighted by Gasteiger charge is -2.03. The van der Waals surface area contributed by atoms with Crippen molar-refractivity contribution in [3.05, 3.63) is 23.8 Å². The molecule has 104 valence electrons. The molecule has 0 amide bonds. The third kappa shape index (κ3) is 4.18. The van der Waals surface area contributed by atoms with Crippen molar-refractivity contribution in [1.82, 2.24) is 4.98 Å². The molecule has 0 spiro atoms. The van der Waals surface area contributed by atoms with Gasteiger partial charge in [0.2, 0.25) is 0 Å². The van der Waals surface area contributed by atoms with Gasteiger partial charge in [0.05, 0.1) is 10.2 Å². The molecule has 19 heavy (non-hydrogen) atoms. The number of aromatic nitrogens is 1. The molecule has 0 unspecified atom stereocenters. The number of nitrogens with zero attached hydrogens (tertiary/aromatic N) is 1. The topological polar surface area (TPSA) is 34.1 Å². The summed E-state index contributed by atoms with van der Waals surface area (Å²) < 4.78 is 6.78. The molecule has 0 aliphatic rings. The van der Waals surface area contributed by atoms with Gasteiger partial charge in [-0.25, -0.2) is 4.98 Å². The second kappa shape index (κ2) is 7.46. The van der Waals surface area contributed by atoms with E-state index in [1.54, 1.807) is 11.3 Å². The minimum absolute atomic E-state index is 0.830. The minimum Gasteiger partial charge on any atom is -0.381 e. The zero-order valence-corrected chi connectivity index (χ0v) is 12.6. The molecule has 3 nitrogen and oxygen atoms in total. The first-order chi connectivity index (χ1) is 9.31. The second-order valence-corrected chi connectivity index (χ2v) is 5.72. The van der Waals surface area contributed by atoms with Gasteiger partial charge in [-0.05, 0) is 31.4 Å². The second-order valence-electron chi connectivity index (χ2n) is 4.69. The molecule has 1 N–H and O–H groups in total. The molecule has 0 aliphatic heterocycles. The summed E-state index contributed by atoms with van der Waals surface area (Å²) in [5.74, 6) is 0. The number of nitrogens with one attached hydrogen (secondary N) is 1. The zero-order valence-electron chi connectivity index (χ0n) is 11.7. The van der Waals surface area contributed by atoms with Crippen LogP contribution in [-0.4, -0.2) is 24.7 Å². The number of aryl methyl sites for hydroxylation is 1. The highest BCUT2D eigenvalue weighted by molar-refractivity contribution is 7.22. The van der Waals surface area contributed by atoms with Crippen LogP contribution in [0.4, 0.5) is 5.13 Å². The standard InChI is InChI=1S/C15H22N2OS/c1-3-4-10-18-11-6-9-16-15-17-14-12(2)7-5-8-13(14)19-15/h5,7-8H,3-4,6,9-11H2,1-2H3,(H,16,17). The molecule has 0 saturated heterocycles. The SMILES string of the molecule is CCCCOCCCNc1nc2c(C)cccc2s1. The average Bonchev–Trinajstić information content (AvgIpc) is 2.82. The normalized spacial score (nSPS) is 11.1. The van der Waals surface area contributed by atoms with Crippen LogP contribution in [0.1, 0.15) is 31.7 Å². The van der Waals surface area contributed by atoms with Crippen LogP contribution in [0.2, 0.25) is 0 Å². The molecule has 0 aliphatic carbocycles. The molecule has 0 radical (unpaired) electrons. The van der Waals surface area contributed by atoms with Gasteiger partial charge < -0.3 is 10.1 Å². The minimum atomic E-state index is 0.830. The summed E-state index contributed by atoms with van der Waals surface area (Å²) in [7, 11) is 0. The summed E-state index contributed by atoms with van der Waals surface area (Å²) in [6.45, 7) is 6.92. The first-order valence-electron chi connectivity index (χ1n) is 6.99. The number of hydrogen-bond donors (Lipinski definition) is 1.